The lowest BCUT2D eigenvalue weighted by atomic mass is 10.0. The van der Waals surface area contributed by atoms with Gasteiger partial charge < -0.3 is 20.1 Å². The van der Waals surface area contributed by atoms with Crippen LogP contribution in [-0.2, 0) is 9.59 Å². The Morgan fingerprint density at radius 3 is 2.82 bits per heavy atom. The third-order valence-electron chi connectivity index (χ3n) is 6.16. The molecule has 33 heavy (non-hydrogen) atoms. The van der Waals surface area contributed by atoms with E-state index in [1.807, 2.05) is 29.2 Å². The summed E-state index contributed by atoms with van der Waals surface area (Å²) >= 11 is 0. The number of nitrogens with zero attached hydrogens (tertiary/aromatic N) is 1. The number of carbonyl (C=O) groups is 2. The number of amides is 1. The number of hydrogen-bond donors (Lipinski definition) is 2. The Morgan fingerprint density at radius 1 is 1.21 bits per heavy atom. The third kappa shape index (κ3) is 7.90. The largest absolute Gasteiger partial charge is 0.489 e. The second-order valence-corrected chi connectivity index (χ2v) is 8.81. The highest BCUT2D eigenvalue weighted by atomic mass is 16.5. The molecular formula is C27H36N2O4. The Hall–Kier alpha value is -2.86. The first-order valence-corrected chi connectivity index (χ1v) is 12.0. The molecule has 1 unspecified atom stereocenters. The number of carboxylic acids is 1. The van der Waals surface area contributed by atoms with Crippen LogP contribution in [0.4, 0.5) is 0 Å². The van der Waals surface area contributed by atoms with Gasteiger partial charge in [-0.2, -0.15) is 0 Å². The highest BCUT2D eigenvalue weighted by Gasteiger charge is 2.18. The lowest BCUT2D eigenvalue weighted by Gasteiger charge is -2.16. The number of hydrogen-bond acceptors (Lipinski definition) is 4. The summed E-state index contributed by atoms with van der Waals surface area (Å²) < 4.78 is 6.19. The Kier molecular flexibility index (Phi) is 9.76. The second-order valence-electron chi connectivity index (χ2n) is 8.81. The van der Waals surface area contributed by atoms with E-state index in [1.54, 1.807) is 6.92 Å². The topological polar surface area (TPSA) is 78.9 Å². The van der Waals surface area contributed by atoms with E-state index in [-0.39, 0.29) is 11.8 Å². The van der Waals surface area contributed by atoms with Gasteiger partial charge in [0.1, 0.15) is 12.4 Å². The summed E-state index contributed by atoms with van der Waals surface area (Å²) in [5.74, 6) is 0.0811. The van der Waals surface area contributed by atoms with Crippen molar-refractivity contribution < 1.29 is 19.4 Å². The fourth-order valence-electron chi connectivity index (χ4n) is 4.11. The van der Waals surface area contributed by atoms with Crippen LogP contribution in [0, 0.1) is 5.92 Å². The molecule has 1 amide bonds. The van der Waals surface area contributed by atoms with E-state index in [9.17, 15) is 9.59 Å². The molecule has 2 aromatic rings. The normalized spacial score (nSPS) is 15.2. The van der Waals surface area contributed by atoms with Crippen LogP contribution in [-0.4, -0.2) is 54.7 Å². The lowest BCUT2D eigenvalue weighted by molar-refractivity contribution is -0.141. The smallest absolute Gasteiger partial charge is 0.306 e. The molecule has 0 radical (unpaired) electrons. The van der Waals surface area contributed by atoms with Crippen LogP contribution in [0.5, 0.6) is 5.75 Å². The Morgan fingerprint density at radius 2 is 2.03 bits per heavy atom. The molecule has 1 atom stereocenters. The number of carboxylic acid groups (broad SMARTS) is 1. The van der Waals surface area contributed by atoms with Gasteiger partial charge in [0.05, 0.1) is 5.92 Å². The fraction of sp³-hybridized carbons (Fsp3) is 0.481. The van der Waals surface area contributed by atoms with E-state index in [0.717, 1.165) is 67.4 Å². The predicted molar refractivity (Wildman–Crippen MR) is 131 cm³/mol. The van der Waals surface area contributed by atoms with Crippen molar-refractivity contribution in [1.29, 1.82) is 0 Å². The molecule has 0 spiro atoms. The minimum atomic E-state index is -0.739. The highest BCUT2D eigenvalue weighted by molar-refractivity contribution is 5.88. The van der Waals surface area contributed by atoms with Crippen molar-refractivity contribution in [3.05, 3.63) is 54.1 Å². The van der Waals surface area contributed by atoms with Crippen molar-refractivity contribution in [3.8, 4) is 5.75 Å². The molecule has 6 heteroatoms. The summed E-state index contributed by atoms with van der Waals surface area (Å²) in [6.07, 6.45) is 7.10. The van der Waals surface area contributed by atoms with Gasteiger partial charge >= 0.3 is 5.97 Å². The van der Waals surface area contributed by atoms with Crippen LogP contribution in [0.1, 0.15) is 45.4 Å². The van der Waals surface area contributed by atoms with Gasteiger partial charge in [0.25, 0.3) is 0 Å². The van der Waals surface area contributed by atoms with Crippen molar-refractivity contribution in [2.24, 2.45) is 5.92 Å². The molecular weight excluding hydrogens is 416 g/mol. The molecule has 1 heterocycles. The van der Waals surface area contributed by atoms with Crippen molar-refractivity contribution in [3.63, 3.8) is 0 Å². The Bertz CT molecular complexity index is 951. The van der Waals surface area contributed by atoms with Crippen LogP contribution < -0.4 is 10.1 Å². The number of nitrogens with one attached hydrogen (secondary N) is 1. The van der Waals surface area contributed by atoms with Gasteiger partial charge in [-0.25, -0.2) is 0 Å². The second kappa shape index (κ2) is 13.0. The molecule has 0 bridgehead atoms. The monoisotopic (exact) mass is 452 g/mol. The maximum Gasteiger partial charge on any atom is 0.306 e. The van der Waals surface area contributed by atoms with E-state index in [2.05, 4.69) is 29.6 Å². The van der Waals surface area contributed by atoms with Gasteiger partial charge in [-0.05, 0) is 55.7 Å². The number of rotatable bonds is 14. The number of ether oxygens (including phenoxy) is 1. The lowest BCUT2D eigenvalue weighted by Crippen LogP contribution is -2.29. The molecule has 178 valence electrons. The predicted octanol–water partition coefficient (Wildman–Crippen LogP) is 4.64. The minimum absolute atomic E-state index is 0.273. The van der Waals surface area contributed by atoms with Crippen LogP contribution in [0.25, 0.3) is 10.8 Å². The molecule has 2 aromatic carbocycles. The first-order chi connectivity index (χ1) is 16.0. The van der Waals surface area contributed by atoms with Crippen molar-refractivity contribution in [1.82, 2.24) is 10.2 Å². The number of fused-ring (bicyclic) bond motifs is 1. The van der Waals surface area contributed by atoms with Gasteiger partial charge in [0, 0.05) is 31.4 Å². The number of likely N-dealkylation sites (tertiary alicyclic amines) is 1. The van der Waals surface area contributed by atoms with Gasteiger partial charge in [-0.15, -0.1) is 0 Å². The molecule has 3 rings (SSSR count). The zero-order valence-corrected chi connectivity index (χ0v) is 19.6. The number of benzene rings is 2. The summed E-state index contributed by atoms with van der Waals surface area (Å²) in [7, 11) is 0. The molecule has 0 saturated carbocycles. The molecule has 1 saturated heterocycles. The quantitative estimate of drug-likeness (QED) is 0.323. The minimum Gasteiger partial charge on any atom is -0.489 e. The Balaban J connectivity index is 1.51. The maximum atomic E-state index is 11.7. The van der Waals surface area contributed by atoms with E-state index in [0.29, 0.717) is 26.0 Å². The number of unbranched alkanes of at least 4 members (excludes halogenated alkanes) is 1. The fourth-order valence-corrected chi connectivity index (χ4v) is 4.11. The molecule has 0 aliphatic carbocycles. The average molecular weight is 453 g/mol. The molecule has 0 aromatic heterocycles. The van der Waals surface area contributed by atoms with Crippen molar-refractivity contribution in [2.75, 3.05) is 32.8 Å². The van der Waals surface area contributed by atoms with Gasteiger partial charge in [0.15, 0.2) is 0 Å². The molecule has 1 fully saturated rings. The van der Waals surface area contributed by atoms with E-state index >= 15 is 0 Å². The molecule has 2 N–H and O–H groups in total. The number of aliphatic carboxylic acids is 1. The SMILES string of the molecule is CC(CCCC=C(CNCCCN1CCCC1=O)COc1cccc2ccccc12)C(=O)O. The maximum absolute atomic E-state index is 11.7. The van der Waals surface area contributed by atoms with E-state index in [1.165, 1.54) is 0 Å². The summed E-state index contributed by atoms with van der Waals surface area (Å²) in [6.45, 7) is 5.49. The summed E-state index contributed by atoms with van der Waals surface area (Å²) in [5, 5.41) is 14.8. The standard InChI is InChI=1S/C27H36N2O4/c1-21(27(31)32)9-2-3-10-22(19-28-16-8-18-29-17-7-15-26(29)30)20-33-25-14-6-12-23-11-4-5-13-24(23)25/h4-6,10-14,21,28H,2-3,7-9,15-20H2,1H3,(H,31,32). The first kappa shape index (κ1) is 24.8. The summed E-state index contributed by atoms with van der Waals surface area (Å²) in [5.41, 5.74) is 1.16. The van der Waals surface area contributed by atoms with Gasteiger partial charge in [0.2, 0.25) is 5.91 Å². The summed E-state index contributed by atoms with van der Waals surface area (Å²) in [6, 6.07) is 14.3. The number of carbonyl (C=O) groups excluding carboxylic acids is 1. The zero-order valence-electron chi connectivity index (χ0n) is 19.6. The van der Waals surface area contributed by atoms with E-state index in [4.69, 9.17) is 9.84 Å². The first-order valence-electron chi connectivity index (χ1n) is 12.0. The van der Waals surface area contributed by atoms with Crippen LogP contribution in [0.3, 0.4) is 0 Å². The van der Waals surface area contributed by atoms with Crippen LogP contribution in [0.15, 0.2) is 54.1 Å². The number of allylic oxidation sites excluding steroid dienone is 1. The zero-order chi connectivity index (χ0) is 23.5. The molecule has 1 aliphatic rings. The van der Waals surface area contributed by atoms with Crippen molar-refractivity contribution >= 4 is 22.6 Å². The molecule has 1 aliphatic heterocycles. The summed E-state index contributed by atoms with van der Waals surface area (Å²) in [4.78, 5) is 24.7. The van der Waals surface area contributed by atoms with Gasteiger partial charge in [-0.3, -0.25) is 9.59 Å². The highest BCUT2D eigenvalue weighted by Crippen LogP contribution is 2.25. The van der Waals surface area contributed by atoms with Gasteiger partial charge in [-0.1, -0.05) is 49.4 Å². The van der Waals surface area contributed by atoms with Crippen molar-refractivity contribution in [2.45, 2.75) is 45.4 Å². The average Bonchev–Trinajstić information content (AvgIpc) is 3.23. The van der Waals surface area contributed by atoms with Crippen LogP contribution in [0.2, 0.25) is 0 Å². The molecule has 6 nitrogen and oxygen atoms in total. The van der Waals surface area contributed by atoms with Crippen LogP contribution >= 0.6 is 0 Å². The third-order valence-corrected chi connectivity index (χ3v) is 6.16. The Labute approximate surface area is 196 Å². The van der Waals surface area contributed by atoms with E-state index < -0.39 is 5.97 Å².